The molecule has 0 aliphatic carbocycles. The molecule has 0 saturated carbocycles. The van der Waals surface area contributed by atoms with Crippen LogP contribution in [-0.4, -0.2) is 9.97 Å². The van der Waals surface area contributed by atoms with Gasteiger partial charge in [0, 0.05) is 11.3 Å². The van der Waals surface area contributed by atoms with E-state index in [1.807, 2.05) is 13.0 Å². The summed E-state index contributed by atoms with van der Waals surface area (Å²) in [5.41, 5.74) is 13.5. The molecule has 0 fully saturated rings. The lowest BCUT2D eigenvalue weighted by atomic mass is 10.0. The molecule has 1 aromatic heterocycles. The molecule has 0 bridgehead atoms. The number of nitrogens with two attached hydrogens (primary N) is 1. The molecule has 3 aromatic rings. The molecule has 1 heterocycles. The van der Waals surface area contributed by atoms with Crippen molar-refractivity contribution < 1.29 is 0 Å². The highest BCUT2D eigenvalue weighted by Crippen LogP contribution is 2.29. The first kappa shape index (κ1) is 11.8. The van der Waals surface area contributed by atoms with Crippen molar-refractivity contribution in [2.45, 2.75) is 20.8 Å². The summed E-state index contributed by atoms with van der Waals surface area (Å²) >= 11 is 0. The summed E-state index contributed by atoms with van der Waals surface area (Å²) in [7, 11) is 0. The van der Waals surface area contributed by atoms with Gasteiger partial charge in [0.2, 0.25) is 0 Å². The van der Waals surface area contributed by atoms with E-state index in [4.69, 9.17) is 5.73 Å². The summed E-state index contributed by atoms with van der Waals surface area (Å²) in [5, 5.41) is 0. The van der Waals surface area contributed by atoms with Gasteiger partial charge in [0.1, 0.15) is 5.82 Å². The van der Waals surface area contributed by atoms with Gasteiger partial charge in [-0.15, -0.1) is 0 Å². The van der Waals surface area contributed by atoms with Crippen LogP contribution in [0.3, 0.4) is 0 Å². The number of nitrogens with one attached hydrogen (secondary N) is 1. The number of nitrogens with zero attached hydrogens (tertiary/aromatic N) is 1. The van der Waals surface area contributed by atoms with Gasteiger partial charge in [0.05, 0.1) is 11.0 Å². The van der Waals surface area contributed by atoms with Crippen molar-refractivity contribution in [2.24, 2.45) is 0 Å². The Morgan fingerprint density at radius 1 is 1.00 bits per heavy atom. The fourth-order valence-electron chi connectivity index (χ4n) is 2.43. The Labute approximate surface area is 112 Å². The summed E-state index contributed by atoms with van der Waals surface area (Å²) in [4.78, 5) is 7.99. The first-order chi connectivity index (χ1) is 9.04. The van der Waals surface area contributed by atoms with Crippen molar-refractivity contribution >= 4 is 16.7 Å². The molecule has 0 aliphatic heterocycles. The second-order valence-electron chi connectivity index (χ2n) is 5.15. The predicted octanol–water partition coefficient (Wildman–Crippen LogP) is 3.74. The Morgan fingerprint density at radius 3 is 2.58 bits per heavy atom. The van der Waals surface area contributed by atoms with Gasteiger partial charge >= 0.3 is 0 Å². The van der Waals surface area contributed by atoms with E-state index in [9.17, 15) is 0 Å². The largest absolute Gasteiger partial charge is 0.398 e. The van der Waals surface area contributed by atoms with Crippen molar-refractivity contribution in [2.75, 3.05) is 5.73 Å². The first-order valence-corrected chi connectivity index (χ1v) is 6.38. The lowest BCUT2D eigenvalue weighted by Gasteiger charge is -2.07. The van der Waals surface area contributed by atoms with Gasteiger partial charge in [-0.3, -0.25) is 0 Å². The van der Waals surface area contributed by atoms with Gasteiger partial charge in [-0.05, 0) is 55.7 Å². The molecule has 0 aliphatic rings. The summed E-state index contributed by atoms with van der Waals surface area (Å²) in [6.07, 6.45) is 0. The molecule has 19 heavy (non-hydrogen) atoms. The monoisotopic (exact) mass is 251 g/mol. The number of hydrogen-bond donors (Lipinski definition) is 2. The van der Waals surface area contributed by atoms with E-state index in [1.165, 1.54) is 11.1 Å². The van der Waals surface area contributed by atoms with Crippen LogP contribution in [0.25, 0.3) is 22.4 Å². The Bertz CT molecular complexity index is 769. The molecule has 0 atom stereocenters. The Hall–Kier alpha value is -2.29. The maximum atomic E-state index is 6.18. The molecular formula is C16H17N3. The number of benzene rings is 2. The third-order valence-corrected chi connectivity index (χ3v) is 3.42. The van der Waals surface area contributed by atoms with Gasteiger partial charge in [0.25, 0.3) is 0 Å². The standard InChI is InChI=1S/C16H17N3/c1-9-4-5-13-14(8-9)19-16(18-13)12-7-10(2)6-11(3)15(12)17/h4-8H,17H2,1-3H3,(H,18,19). The van der Waals surface area contributed by atoms with Crippen LogP contribution in [0.5, 0.6) is 0 Å². The van der Waals surface area contributed by atoms with Crippen molar-refractivity contribution in [1.82, 2.24) is 9.97 Å². The molecule has 96 valence electrons. The molecule has 0 unspecified atom stereocenters. The van der Waals surface area contributed by atoms with Crippen molar-refractivity contribution in [1.29, 1.82) is 0 Å². The highest BCUT2D eigenvalue weighted by Gasteiger charge is 2.10. The number of nitrogen functional groups attached to an aromatic ring is 1. The topological polar surface area (TPSA) is 54.7 Å². The van der Waals surface area contributed by atoms with E-state index in [0.29, 0.717) is 0 Å². The number of imidazole rings is 1. The summed E-state index contributed by atoms with van der Waals surface area (Å²) < 4.78 is 0. The van der Waals surface area contributed by atoms with E-state index in [1.54, 1.807) is 0 Å². The van der Waals surface area contributed by atoms with E-state index < -0.39 is 0 Å². The molecular weight excluding hydrogens is 234 g/mol. The minimum absolute atomic E-state index is 0.793. The average Bonchev–Trinajstić information content (AvgIpc) is 2.76. The highest BCUT2D eigenvalue weighted by molar-refractivity contribution is 5.83. The summed E-state index contributed by atoms with van der Waals surface area (Å²) in [5.74, 6) is 0.838. The lowest BCUT2D eigenvalue weighted by molar-refractivity contribution is 1.30. The number of aromatic nitrogens is 2. The van der Waals surface area contributed by atoms with Crippen LogP contribution in [0.4, 0.5) is 5.69 Å². The Kier molecular flexibility index (Phi) is 2.56. The van der Waals surface area contributed by atoms with Crippen LogP contribution in [0.15, 0.2) is 30.3 Å². The number of fused-ring (bicyclic) bond motifs is 1. The highest BCUT2D eigenvalue weighted by atomic mass is 14.9. The van der Waals surface area contributed by atoms with Crippen LogP contribution in [0.1, 0.15) is 16.7 Å². The maximum absolute atomic E-state index is 6.18. The fourth-order valence-corrected chi connectivity index (χ4v) is 2.43. The molecule has 0 saturated heterocycles. The number of anilines is 1. The van der Waals surface area contributed by atoms with Crippen LogP contribution in [-0.2, 0) is 0 Å². The minimum Gasteiger partial charge on any atom is -0.398 e. The molecule has 3 rings (SSSR count). The number of rotatable bonds is 1. The first-order valence-electron chi connectivity index (χ1n) is 6.38. The van der Waals surface area contributed by atoms with Crippen LogP contribution in [0, 0.1) is 20.8 Å². The van der Waals surface area contributed by atoms with Gasteiger partial charge < -0.3 is 10.7 Å². The van der Waals surface area contributed by atoms with Gasteiger partial charge in [-0.1, -0.05) is 12.1 Å². The zero-order chi connectivity index (χ0) is 13.6. The minimum atomic E-state index is 0.793. The quantitative estimate of drug-likeness (QED) is 0.647. The normalized spacial score (nSPS) is 11.1. The summed E-state index contributed by atoms with van der Waals surface area (Å²) in [6, 6.07) is 10.4. The van der Waals surface area contributed by atoms with Gasteiger partial charge in [-0.2, -0.15) is 0 Å². The lowest BCUT2D eigenvalue weighted by Crippen LogP contribution is -1.95. The maximum Gasteiger partial charge on any atom is 0.140 e. The van der Waals surface area contributed by atoms with Crippen molar-refractivity contribution in [3.05, 3.63) is 47.0 Å². The van der Waals surface area contributed by atoms with E-state index in [-0.39, 0.29) is 0 Å². The third-order valence-electron chi connectivity index (χ3n) is 3.42. The van der Waals surface area contributed by atoms with Crippen LogP contribution >= 0.6 is 0 Å². The number of aromatic amines is 1. The SMILES string of the molecule is Cc1cc(C)c(N)c(-c2nc3ccc(C)cc3[nH]2)c1. The van der Waals surface area contributed by atoms with Crippen LogP contribution in [0.2, 0.25) is 0 Å². The number of hydrogen-bond acceptors (Lipinski definition) is 2. The average molecular weight is 251 g/mol. The molecule has 2 aromatic carbocycles. The smallest absolute Gasteiger partial charge is 0.140 e. The molecule has 3 N–H and O–H groups in total. The molecule has 3 nitrogen and oxygen atoms in total. The molecule has 0 spiro atoms. The zero-order valence-electron chi connectivity index (χ0n) is 11.4. The molecule has 0 radical (unpaired) electrons. The Balaban J connectivity index is 2.24. The van der Waals surface area contributed by atoms with E-state index in [0.717, 1.165) is 33.7 Å². The van der Waals surface area contributed by atoms with Gasteiger partial charge in [-0.25, -0.2) is 4.98 Å². The second kappa shape index (κ2) is 4.12. The number of H-pyrrole nitrogens is 1. The summed E-state index contributed by atoms with van der Waals surface area (Å²) in [6.45, 7) is 6.17. The van der Waals surface area contributed by atoms with Crippen LogP contribution < -0.4 is 5.73 Å². The molecule has 0 amide bonds. The van der Waals surface area contributed by atoms with Crippen molar-refractivity contribution in [3.8, 4) is 11.4 Å². The molecule has 3 heteroatoms. The fraction of sp³-hybridized carbons (Fsp3) is 0.188. The third kappa shape index (κ3) is 1.97. The van der Waals surface area contributed by atoms with E-state index in [2.05, 4.69) is 48.1 Å². The number of aryl methyl sites for hydroxylation is 3. The van der Waals surface area contributed by atoms with Gasteiger partial charge in [0.15, 0.2) is 0 Å². The second-order valence-corrected chi connectivity index (χ2v) is 5.15. The Morgan fingerprint density at radius 2 is 1.79 bits per heavy atom. The predicted molar refractivity (Wildman–Crippen MR) is 80.2 cm³/mol. The van der Waals surface area contributed by atoms with Crippen molar-refractivity contribution in [3.63, 3.8) is 0 Å². The zero-order valence-corrected chi connectivity index (χ0v) is 11.4. The van der Waals surface area contributed by atoms with E-state index >= 15 is 0 Å².